The zero-order valence-corrected chi connectivity index (χ0v) is 15.3. The van der Waals surface area contributed by atoms with Crippen molar-refractivity contribution in [2.45, 2.75) is 13.8 Å². The predicted octanol–water partition coefficient (Wildman–Crippen LogP) is 4.53. The van der Waals surface area contributed by atoms with E-state index in [0.29, 0.717) is 11.4 Å². The predicted molar refractivity (Wildman–Crippen MR) is 107 cm³/mol. The number of anilines is 1. The molecule has 2 aromatic carbocycles. The Hall–Kier alpha value is -3.60. The van der Waals surface area contributed by atoms with Crippen molar-refractivity contribution in [3.8, 4) is 11.5 Å². The Labute approximate surface area is 157 Å². The third kappa shape index (κ3) is 3.27. The smallest absolute Gasteiger partial charge is 0.261 e. The van der Waals surface area contributed by atoms with E-state index in [2.05, 4.69) is 17.3 Å². The zero-order valence-electron chi connectivity index (χ0n) is 15.3. The molecule has 0 saturated heterocycles. The quantitative estimate of drug-likeness (QED) is 0.584. The van der Waals surface area contributed by atoms with Gasteiger partial charge in [-0.05, 0) is 61.4 Å². The third-order valence-electron chi connectivity index (χ3n) is 4.60. The molecule has 0 atom stereocenters. The molecule has 0 aliphatic carbocycles. The largest absolute Gasteiger partial charge is 0.322 e. The highest BCUT2D eigenvalue weighted by Crippen LogP contribution is 2.22. The van der Waals surface area contributed by atoms with E-state index in [9.17, 15) is 4.79 Å². The van der Waals surface area contributed by atoms with Crippen LogP contribution in [0.4, 0.5) is 5.69 Å². The van der Waals surface area contributed by atoms with Crippen molar-refractivity contribution in [3.05, 3.63) is 95.9 Å². The summed E-state index contributed by atoms with van der Waals surface area (Å²) in [5.41, 5.74) is 4.50. The van der Waals surface area contributed by atoms with E-state index in [4.69, 9.17) is 0 Å². The average Bonchev–Trinajstić information content (AvgIpc) is 3.34. The summed E-state index contributed by atoms with van der Waals surface area (Å²) in [6, 6.07) is 19.5. The molecule has 1 amide bonds. The van der Waals surface area contributed by atoms with Crippen LogP contribution >= 0.6 is 0 Å². The maximum absolute atomic E-state index is 13.0. The Bertz CT molecular complexity index is 1080. The highest BCUT2D eigenvalue weighted by molar-refractivity contribution is 6.06. The molecule has 27 heavy (non-hydrogen) atoms. The Balaban J connectivity index is 1.75. The van der Waals surface area contributed by atoms with Gasteiger partial charge in [-0.25, -0.2) is 4.68 Å². The molecule has 0 radical (unpaired) electrons. The van der Waals surface area contributed by atoms with Gasteiger partial charge in [-0.2, -0.15) is 5.10 Å². The first-order valence-corrected chi connectivity index (χ1v) is 8.79. The summed E-state index contributed by atoms with van der Waals surface area (Å²) in [6.45, 7) is 4.08. The summed E-state index contributed by atoms with van der Waals surface area (Å²) in [6.07, 6.45) is 5.42. The Morgan fingerprint density at radius 2 is 1.67 bits per heavy atom. The topological polar surface area (TPSA) is 51.9 Å². The van der Waals surface area contributed by atoms with Gasteiger partial charge in [-0.1, -0.05) is 24.3 Å². The molecule has 1 N–H and O–H groups in total. The minimum Gasteiger partial charge on any atom is -0.322 e. The lowest BCUT2D eigenvalue weighted by molar-refractivity contribution is 0.102. The molecule has 0 aliphatic rings. The van der Waals surface area contributed by atoms with Gasteiger partial charge in [0, 0.05) is 18.1 Å². The van der Waals surface area contributed by atoms with Crippen LogP contribution in [0.1, 0.15) is 21.5 Å². The highest BCUT2D eigenvalue weighted by atomic mass is 16.1. The van der Waals surface area contributed by atoms with Crippen LogP contribution in [0.3, 0.4) is 0 Å². The number of rotatable bonds is 4. The molecule has 134 valence electrons. The maximum Gasteiger partial charge on any atom is 0.261 e. The lowest BCUT2D eigenvalue weighted by atomic mass is 10.1. The Morgan fingerprint density at radius 3 is 2.37 bits per heavy atom. The number of amides is 1. The Morgan fingerprint density at radius 1 is 0.926 bits per heavy atom. The standard InChI is InChI=1S/C22H20N4O/c1-16-10-11-18(14-17(16)2)24-21(27)20-15-23-26(19-8-4-3-5-9-19)22(20)25-12-6-7-13-25/h3-15H,1-2H3,(H,24,27). The van der Waals surface area contributed by atoms with Gasteiger partial charge in [-0.15, -0.1) is 0 Å². The number of carbonyl (C=O) groups is 1. The summed E-state index contributed by atoms with van der Waals surface area (Å²) in [7, 11) is 0. The highest BCUT2D eigenvalue weighted by Gasteiger charge is 2.20. The summed E-state index contributed by atoms with van der Waals surface area (Å²) in [5.74, 6) is 0.511. The van der Waals surface area contributed by atoms with Crippen LogP contribution in [-0.4, -0.2) is 20.3 Å². The molecule has 0 aliphatic heterocycles. The molecular weight excluding hydrogens is 336 g/mol. The second-order valence-corrected chi connectivity index (χ2v) is 6.47. The molecule has 5 nitrogen and oxygen atoms in total. The van der Waals surface area contributed by atoms with E-state index in [0.717, 1.165) is 16.9 Å². The van der Waals surface area contributed by atoms with Crippen LogP contribution in [0.2, 0.25) is 0 Å². The van der Waals surface area contributed by atoms with Gasteiger partial charge >= 0.3 is 0 Å². The first-order valence-electron chi connectivity index (χ1n) is 8.79. The van der Waals surface area contributed by atoms with Crippen molar-refractivity contribution in [3.63, 3.8) is 0 Å². The number of para-hydroxylation sites is 1. The molecule has 2 heterocycles. The van der Waals surface area contributed by atoms with Gasteiger partial charge in [0.2, 0.25) is 0 Å². The molecule has 0 saturated carbocycles. The molecule has 4 rings (SSSR count). The van der Waals surface area contributed by atoms with Crippen LogP contribution in [0, 0.1) is 13.8 Å². The summed E-state index contributed by atoms with van der Waals surface area (Å²) < 4.78 is 3.67. The van der Waals surface area contributed by atoms with E-state index in [1.165, 1.54) is 5.56 Å². The van der Waals surface area contributed by atoms with E-state index < -0.39 is 0 Å². The molecule has 2 aromatic heterocycles. The van der Waals surface area contributed by atoms with Crippen molar-refractivity contribution in [2.24, 2.45) is 0 Å². The lowest BCUT2D eigenvalue weighted by Gasteiger charge is -2.12. The number of benzene rings is 2. The van der Waals surface area contributed by atoms with Crippen LogP contribution in [0.25, 0.3) is 11.5 Å². The van der Waals surface area contributed by atoms with E-state index in [1.54, 1.807) is 10.9 Å². The summed E-state index contributed by atoms with van der Waals surface area (Å²) in [4.78, 5) is 13.0. The van der Waals surface area contributed by atoms with Crippen LogP contribution < -0.4 is 5.32 Å². The number of carbonyl (C=O) groups excluding carboxylic acids is 1. The van der Waals surface area contributed by atoms with Crippen molar-refractivity contribution in [1.82, 2.24) is 14.3 Å². The monoisotopic (exact) mass is 356 g/mol. The minimum absolute atomic E-state index is 0.191. The van der Waals surface area contributed by atoms with Crippen molar-refractivity contribution >= 4 is 11.6 Å². The lowest BCUT2D eigenvalue weighted by Crippen LogP contribution is -2.15. The molecule has 0 unspecified atom stereocenters. The van der Waals surface area contributed by atoms with Crippen LogP contribution in [0.5, 0.6) is 0 Å². The number of hydrogen-bond acceptors (Lipinski definition) is 2. The number of nitrogens with one attached hydrogen (secondary N) is 1. The Kier molecular flexibility index (Phi) is 4.34. The minimum atomic E-state index is -0.191. The van der Waals surface area contributed by atoms with Gasteiger partial charge < -0.3 is 9.88 Å². The number of aromatic nitrogens is 3. The van der Waals surface area contributed by atoms with Gasteiger partial charge in [0.25, 0.3) is 5.91 Å². The molecule has 5 heteroatoms. The third-order valence-corrected chi connectivity index (χ3v) is 4.60. The van der Waals surface area contributed by atoms with Gasteiger partial charge in [-0.3, -0.25) is 4.79 Å². The van der Waals surface area contributed by atoms with Crippen molar-refractivity contribution in [2.75, 3.05) is 5.32 Å². The molecule has 0 bridgehead atoms. The van der Waals surface area contributed by atoms with Crippen LogP contribution in [0.15, 0.2) is 79.3 Å². The fourth-order valence-corrected chi connectivity index (χ4v) is 3.00. The fourth-order valence-electron chi connectivity index (χ4n) is 3.00. The maximum atomic E-state index is 13.0. The molecule has 0 spiro atoms. The summed E-state index contributed by atoms with van der Waals surface area (Å²) >= 11 is 0. The normalized spacial score (nSPS) is 10.7. The average molecular weight is 356 g/mol. The second-order valence-electron chi connectivity index (χ2n) is 6.47. The van der Waals surface area contributed by atoms with Crippen molar-refractivity contribution in [1.29, 1.82) is 0 Å². The molecule has 4 aromatic rings. The van der Waals surface area contributed by atoms with Gasteiger partial charge in [0.1, 0.15) is 5.56 Å². The SMILES string of the molecule is Cc1ccc(NC(=O)c2cnn(-c3ccccc3)c2-n2cccc2)cc1C. The first-order chi connectivity index (χ1) is 13.1. The van der Waals surface area contributed by atoms with Gasteiger partial charge in [0.15, 0.2) is 5.82 Å². The summed E-state index contributed by atoms with van der Waals surface area (Å²) in [5, 5.41) is 7.46. The van der Waals surface area contributed by atoms with Gasteiger partial charge in [0.05, 0.1) is 11.9 Å². The van der Waals surface area contributed by atoms with Crippen molar-refractivity contribution < 1.29 is 4.79 Å². The molecular formula is C22H20N4O. The number of aryl methyl sites for hydroxylation is 2. The van der Waals surface area contributed by atoms with E-state index >= 15 is 0 Å². The van der Waals surface area contributed by atoms with Crippen LogP contribution in [-0.2, 0) is 0 Å². The zero-order chi connectivity index (χ0) is 18.8. The van der Waals surface area contributed by atoms with E-state index in [1.807, 2.05) is 84.5 Å². The second kappa shape index (κ2) is 6.96. The van der Waals surface area contributed by atoms with E-state index in [-0.39, 0.29) is 5.91 Å². The molecule has 0 fully saturated rings. The first kappa shape index (κ1) is 16.8. The number of nitrogens with zero attached hydrogens (tertiary/aromatic N) is 3. The number of hydrogen-bond donors (Lipinski definition) is 1. The fraction of sp³-hybridized carbons (Fsp3) is 0.0909.